The molecule has 1 aromatic rings. The van der Waals surface area contributed by atoms with Gasteiger partial charge in [0.15, 0.2) is 0 Å². The van der Waals surface area contributed by atoms with E-state index in [9.17, 15) is 9.90 Å². The monoisotopic (exact) mass is 279 g/mol. The van der Waals surface area contributed by atoms with Gasteiger partial charge >= 0.3 is 5.97 Å². The molecule has 0 bridgehead atoms. The molecule has 0 aliphatic carbocycles. The van der Waals surface area contributed by atoms with Crippen molar-refractivity contribution in [1.82, 2.24) is 4.90 Å². The first-order valence-corrected chi connectivity index (χ1v) is 6.87. The van der Waals surface area contributed by atoms with Crippen molar-refractivity contribution in [3.63, 3.8) is 0 Å². The number of carbonyl (C=O) groups excluding carboxylic acids is 1. The Bertz CT molecular complexity index is 434. The summed E-state index contributed by atoms with van der Waals surface area (Å²) < 4.78 is 5.31. The first-order chi connectivity index (χ1) is 9.17. The number of likely N-dealkylation sites (N-methyl/N-ethyl adjacent to an activating group) is 1. The van der Waals surface area contributed by atoms with Gasteiger partial charge in [0.2, 0.25) is 0 Å². The fourth-order valence-electron chi connectivity index (χ4n) is 1.86. The molecule has 4 nitrogen and oxygen atoms in total. The van der Waals surface area contributed by atoms with Crippen molar-refractivity contribution in [2.45, 2.75) is 45.8 Å². The summed E-state index contributed by atoms with van der Waals surface area (Å²) in [6.45, 7) is 7.94. The van der Waals surface area contributed by atoms with Crippen LogP contribution < -0.4 is 0 Å². The Balaban J connectivity index is 2.48. The Morgan fingerprint density at radius 2 is 1.85 bits per heavy atom. The van der Waals surface area contributed by atoms with Crippen LogP contribution in [0.2, 0.25) is 0 Å². The largest absolute Gasteiger partial charge is 0.508 e. The van der Waals surface area contributed by atoms with Gasteiger partial charge in [0.25, 0.3) is 0 Å². The van der Waals surface area contributed by atoms with Crippen LogP contribution in [-0.2, 0) is 16.0 Å². The summed E-state index contributed by atoms with van der Waals surface area (Å²) in [6.07, 6.45) is 0.819. The van der Waals surface area contributed by atoms with Gasteiger partial charge in [-0.1, -0.05) is 12.1 Å². The maximum atomic E-state index is 11.8. The summed E-state index contributed by atoms with van der Waals surface area (Å²) >= 11 is 0. The van der Waals surface area contributed by atoms with Crippen LogP contribution in [0.1, 0.15) is 33.3 Å². The van der Waals surface area contributed by atoms with Crippen LogP contribution in [-0.4, -0.2) is 41.2 Å². The van der Waals surface area contributed by atoms with Crippen LogP contribution in [0.4, 0.5) is 0 Å². The summed E-state index contributed by atoms with van der Waals surface area (Å²) in [5, 5.41) is 9.26. The second-order valence-electron chi connectivity index (χ2n) is 6.22. The molecular weight excluding hydrogens is 254 g/mol. The Morgan fingerprint density at radius 1 is 1.30 bits per heavy atom. The van der Waals surface area contributed by atoms with Crippen molar-refractivity contribution in [2.75, 3.05) is 13.6 Å². The van der Waals surface area contributed by atoms with Crippen molar-refractivity contribution >= 4 is 5.97 Å². The highest BCUT2D eigenvalue weighted by atomic mass is 16.6. The highest BCUT2D eigenvalue weighted by molar-refractivity contribution is 5.72. The maximum Gasteiger partial charge on any atom is 0.320 e. The SMILES string of the molecule is C[C@H](Cc1ccc(O)cc1)N(C)CC(=O)OC(C)(C)C. The number of ether oxygens (including phenoxy) is 1. The van der Waals surface area contributed by atoms with E-state index in [4.69, 9.17) is 4.74 Å². The minimum atomic E-state index is -0.446. The Labute approximate surface area is 121 Å². The molecular formula is C16H25NO3. The standard InChI is InChI=1S/C16H25NO3/c1-12(10-13-6-8-14(18)9-7-13)17(5)11-15(19)20-16(2,3)4/h6-9,12,18H,10-11H2,1-5H3/t12-/m1/s1. The van der Waals surface area contributed by atoms with Crippen molar-refractivity contribution in [3.8, 4) is 5.75 Å². The average molecular weight is 279 g/mol. The molecule has 0 aliphatic heterocycles. The van der Waals surface area contributed by atoms with Crippen molar-refractivity contribution in [2.24, 2.45) is 0 Å². The maximum absolute atomic E-state index is 11.8. The topological polar surface area (TPSA) is 49.8 Å². The second kappa shape index (κ2) is 6.75. The van der Waals surface area contributed by atoms with E-state index in [1.54, 1.807) is 12.1 Å². The van der Waals surface area contributed by atoms with Gasteiger partial charge in [-0.3, -0.25) is 9.69 Å². The van der Waals surface area contributed by atoms with E-state index in [1.165, 1.54) is 0 Å². The third kappa shape index (κ3) is 6.06. The van der Waals surface area contributed by atoms with Gasteiger partial charge in [0.1, 0.15) is 11.4 Å². The number of carbonyl (C=O) groups is 1. The predicted molar refractivity (Wildman–Crippen MR) is 79.7 cm³/mol. The molecule has 0 spiro atoms. The Morgan fingerprint density at radius 3 is 2.35 bits per heavy atom. The highest BCUT2D eigenvalue weighted by Gasteiger charge is 2.19. The van der Waals surface area contributed by atoms with Gasteiger partial charge < -0.3 is 9.84 Å². The number of hydrogen-bond donors (Lipinski definition) is 1. The molecule has 0 unspecified atom stereocenters. The lowest BCUT2D eigenvalue weighted by Gasteiger charge is -2.26. The highest BCUT2D eigenvalue weighted by Crippen LogP contribution is 2.13. The summed E-state index contributed by atoms with van der Waals surface area (Å²) in [4.78, 5) is 13.7. The number of rotatable bonds is 5. The van der Waals surface area contributed by atoms with Crippen LogP contribution >= 0.6 is 0 Å². The van der Waals surface area contributed by atoms with E-state index in [2.05, 4.69) is 6.92 Å². The van der Waals surface area contributed by atoms with Crippen LogP contribution in [0.15, 0.2) is 24.3 Å². The van der Waals surface area contributed by atoms with E-state index < -0.39 is 5.60 Å². The quantitative estimate of drug-likeness (QED) is 0.842. The number of aromatic hydroxyl groups is 1. The zero-order valence-electron chi connectivity index (χ0n) is 13.0. The number of hydrogen-bond acceptors (Lipinski definition) is 4. The van der Waals surface area contributed by atoms with Gasteiger partial charge in [-0.2, -0.15) is 0 Å². The predicted octanol–water partition coefficient (Wildman–Crippen LogP) is 2.60. The average Bonchev–Trinajstić information content (AvgIpc) is 2.29. The molecule has 1 rings (SSSR count). The minimum absolute atomic E-state index is 0.211. The van der Waals surface area contributed by atoms with Crippen LogP contribution in [0.25, 0.3) is 0 Å². The van der Waals surface area contributed by atoms with Gasteiger partial charge in [0, 0.05) is 6.04 Å². The fourth-order valence-corrected chi connectivity index (χ4v) is 1.86. The lowest BCUT2D eigenvalue weighted by molar-refractivity contribution is -0.156. The molecule has 1 aromatic carbocycles. The first kappa shape index (κ1) is 16.5. The third-order valence-electron chi connectivity index (χ3n) is 3.02. The molecule has 4 heteroatoms. The molecule has 20 heavy (non-hydrogen) atoms. The molecule has 1 N–H and O–H groups in total. The molecule has 0 radical (unpaired) electrons. The molecule has 0 aromatic heterocycles. The first-order valence-electron chi connectivity index (χ1n) is 6.87. The number of benzene rings is 1. The number of phenols is 1. The summed E-state index contributed by atoms with van der Waals surface area (Å²) in [6, 6.07) is 7.36. The van der Waals surface area contributed by atoms with Gasteiger partial charge in [-0.05, 0) is 58.9 Å². The molecule has 112 valence electrons. The number of phenolic OH excluding ortho intramolecular Hbond substituents is 1. The van der Waals surface area contributed by atoms with E-state index >= 15 is 0 Å². The van der Waals surface area contributed by atoms with E-state index in [0.29, 0.717) is 0 Å². The van der Waals surface area contributed by atoms with Crippen LogP contribution in [0.3, 0.4) is 0 Å². The van der Waals surface area contributed by atoms with E-state index in [-0.39, 0.29) is 24.3 Å². The normalized spacial score (nSPS) is 13.3. The number of esters is 1. The molecule has 0 saturated heterocycles. The van der Waals surface area contributed by atoms with Crippen molar-refractivity contribution < 1.29 is 14.6 Å². The minimum Gasteiger partial charge on any atom is -0.508 e. The van der Waals surface area contributed by atoms with Gasteiger partial charge in [0.05, 0.1) is 6.54 Å². The smallest absolute Gasteiger partial charge is 0.320 e. The molecule has 0 amide bonds. The second-order valence-corrected chi connectivity index (χ2v) is 6.22. The van der Waals surface area contributed by atoms with Crippen LogP contribution in [0.5, 0.6) is 5.75 Å². The van der Waals surface area contributed by atoms with E-state index in [0.717, 1.165) is 12.0 Å². The lowest BCUT2D eigenvalue weighted by Crippen LogP contribution is -2.38. The summed E-state index contributed by atoms with van der Waals surface area (Å²) in [5.74, 6) is 0.0565. The Hall–Kier alpha value is -1.55. The number of nitrogens with zero attached hydrogens (tertiary/aromatic N) is 1. The zero-order chi connectivity index (χ0) is 15.3. The van der Waals surface area contributed by atoms with Crippen molar-refractivity contribution in [3.05, 3.63) is 29.8 Å². The lowest BCUT2D eigenvalue weighted by atomic mass is 10.1. The summed E-state index contributed by atoms with van der Waals surface area (Å²) in [5.41, 5.74) is 0.685. The fraction of sp³-hybridized carbons (Fsp3) is 0.562. The van der Waals surface area contributed by atoms with Gasteiger partial charge in [-0.25, -0.2) is 0 Å². The Kier molecular flexibility index (Phi) is 5.57. The molecule has 0 aliphatic rings. The summed E-state index contributed by atoms with van der Waals surface area (Å²) in [7, 11) is 1.91. The zero-order valence-corrected chi connectivity index (χ0v) is 13.0. The molecule has 0 saturated carbocycles. The van der Waals surface area contributed by atoms with Gasteiger partial charge in [-0.15, -0.1) is 0 Å². The molecule has 1 atom stereocenters. The molecule has 0 heterocycles. The van der Waals surface area contributed by atoms with Crippen molar-refractivity contribution in [1.29, 1.82) is 0 Å². The third-order valence-corrected chi connectivity index (χ3v) is 3.02. The van der Waals surface area contributed by atoms with Crippen LogP contribution in [0, 0.1) is 0 Å². The molecule has 0 fully saturated rings. The van der Waals surface area contributed by atoms with E-state index in [1.807, 2.05) is 44.9 Å².